The van der Waals surface area contributed by atoms with Crippen LogP contribution in [0.25, 0.3) is 0 Å². The normalized spacial score (nSPS) is 16.1. The van der Waals surface area contributed by atoms with Crippen molar-refractivity contribution in [3.05, 3.63) is 45.9 Å². The van der Waals surface area contributed by atoms with Gasteiger partial charge in [0, 0.05) is 16.6 Å². The highest BCUT2D eigenvalue weighted by Crippen LogP contribution is 2.36. The molecule has 1 aliphatic carbocycles. The van der Waals surface area contributed by atoms with Crippen molar-refractivity contribution >= 4 is 44.7 Å². The topological polar surface area (TPSA) is 76.1 Å². The van der Waals surface area contributed by atoms with E-state index in [-0.39, 0.29) is 17.6 Å². The average molecular weight is 413 g/mol. The lowest BCUT2D eigenvalue weighted by atomic mass is 9.87. The number of thiol groups is 1. The molecule has 1 N–H and O–H groups in total. The number of anilines is 1. The number of nitrogens with zero attached hydrogens (tertiary/aromatic N) is 1. The Bertz CT molecular complexity index is 823. The lowest BCUT2D eigenvalue weighted by Crippen LogP contribution is -2.23. The van der Waals surface area contributed by atoms with Gasteiger partial charge >= 0.3 is 0 Å². The van der Waals surface area contributed by atoms with Gasteiger partial charge in [-0.3, -0.25) is 4.79 Å². The molecule has 0 bridgehead atoms. The number of hydrogen-bond acceptors (Lipinski definition) is 5. The third kappa shape index (κ3) is 5.05. The monoisotopic (exact) mass is 412 g/mol. The van der Waals surface area contributed by atoms with Crippen molar-refractivity contribution in [2.45, 2.75) is 43.8 Å². The molecule has 1 saturated carbocycles. The second-order valence-electron chi connectivity index (χ2n) is 6.61. The number of benzene rings is 1. The van der Waals surface area contributed by atoms with Crippen LogP contribution in [0.1, 0.15) is 49.1 Å². The molecule has 1 fully saturated rings. The third-order valence-corrected chi connectivity index (χ3v) is 6.44. The molecule has 26 heavy (non-hydrogen) atoms. The van der Waals surface area contributed by atoms with Gasteiger partial charge in [-0.15, -0.1) is 11.3 Å². The van der Waals surface area contributed by atoms with Crippen molar-refractivity contribution in [1.29, 1.82) is 0 Å². The second-order valence-corrected chi connectivity index (χ2v) is 8.89. The number of rotatable bonds is 7. The Hall–Kier alpha value is -1.44. The highest BCUT2D eigenvalue weighted by Gasteiger charge is 2.27. The van der Waals surface area contributed by atoms with E-state index in [0.717, 1.165) is 24.8 Å². The van der Waals surface area contributed by atoms with Crippen molar-refractivity contribution in [3.63, 3.8) is 0 Å². The zero-order valence-electron chi connectivity index (χ0n) is 14.2. The molecule has 0 saturated heterocycles. The summed E-state index contributed by atoms with van der Waals surface area (Å²) in [5.74, 6) is 0.0179. The Kier molecular flexibility index (Phi) is 6.67. The Labute approximate surface area is 163 Å². The number of nitrogens with one attached hydrogen (secondary N) is 1. The lowest BCUT2D eigenvalue weighted by molar-refractivity contribution is -0.118. The standard InChI is InChI=1S/C18H21ClN2O3S2/c19-16-10-13(5-6-14(16)11-26(23)24)15(9-12-3-1-2-4-12)17(22)21-18-20-7-8-25-18/h5-8,10,12,15,26H,1-4,9,11H2,(H,20,21,22). The highest BCUT2D eigenvalue weighted by atomic mass is 35.5. The first-order valence-electron chi connectivity index (χ1n) is 8.63. The molecular weight excluding hydrogens is 392 g/mol. The minimum Gasteiger partial charge on any atom is -0.301 e. The number of aromatic nitrogens is 1. The van der Waals surface area contributed by atoms with Crippen molar-refractivity contribution in [2.75, 3.05) is 5.32 Å². The summed E-state index contributed by atoms with van der Waals surface area (Å²) in [5.41, 5.74) is 1.38. The zero-order chi connectivity index (χ0) is 18.5. The minimum absolute atomic E-state index is 0.0902. The summed E-state index contributed by atoms with van der Waals surface area (Å²) < 4.78 is 21.9. The minimum atomic E-state index is -2.54. The van der Waals surface area contributed by atoms with Crippen LogP contribution in [-0.4, -0.2) is 19.3 Å². The van der Waals surface area contributed by atoms with E-state index >= 15 is 0 Å². The van der Waals surface area contributed by atoms with Gasteiger partial charge in [0.15, 0.2) is 5.13 Å². The molecule has 5 nitrogen and oxygen atoms in total. The molecule has 0 radical (unpaired) electrons. The molecule has 140 valence electrons. The van der Waals surface area contributed by atoms with Gasteiger partial charge in [0.25, 0.3) is 0 Å². The van der Waals surface area contributed by atoms with Crippen molar-refractivity contribution in [2.24, 2.45) is 5.92 Å². The van der Waals surface area contributed by atoms with Gasteiger partial charge < -0.3 is 5.32 Å². The summed E-state index contributed by atoms with van der Waals surface area (Å²) >= 11 is 7.65. The number of thiazole rings is 1. The van der Waals surface area contributed by atoms with Crippen LogP contribution in [0.15, 0.2) is 29.8 Å². The van der Waals surface area contributed by atoms with E-state index in [4.69, 9.17) is 11.6 Å². The number of hydrogen-bond donors (Lipinski definition) is 2. The van der Waals surface area contributed by atoms with Gasteiger partial charge in [-0.25, -0.2) is 13.4 Å². The van der Waals surface area contributed by atoms with Gasteiger partial charge in [0.05, 0.1) is 11.7 Å². The van der Waals surface area contributed by atoms with E-state index in [1.165, 1.54) is 24.2 Å². The predicted molar refractivity (Wildman–Crippen MR) is 106 cm³/mol. The summed E-state index contributed by atoms with van der Waals surface area (Å²) in [6.45, 7) is 0. The number of carbonyl (C=O) groups excluding carboxylic acids is 1. The second kappa shape index (κ2) is 8.97. The average Bonchev–Trinajstić information content (AvgIpc) is 3.28. The number of carbonyl (C=O) groups is 1. The maximum Gasteiger partial charge on any atom is 0.233 e. The fraction of sp³-hybridized carbons (Fsp3) is 0.444. The van der Waals surface area contributed by atoms with Crippen LogP contribution in [0.3, 0.4) is 0 Å². The summed E-state index contributed by atoms with van der Waals surface area (Å²) in [6, 6.07) is 5.26. The van der Waals surface area contributed by atoms with E-state index in [0.29, 0.717) is 21.6 Å². The van der Waals surface area contributed by atoms with Crippen LogP contribution in [0.4, 0.5) is 5.13 Å². The summed E-state index contributed by atoms with van der Waals surface area (Å²) in [4.78, 5) is 17.0. The molecule has 0 spiro atoms. The molecular formula is C18H21ClN2O3S2. The fourth-order valence-electron chi connectivity index (χ4n) is 3.50. The SMILES string of the molecule is O=C(Nc1nccs1)C(CC1CCCC1)c1ccc(C[SH](=O)=O)c(Cl)c1. The Morgan fingerprint density at radius 1 is 1.35 bits per heavy atom. The van der Waals surface area contributed by atoms with Gasteiger partial charge in [-0.05, 0) is 29.5 Å². The predicted octanol–water partition coefficient (Wildman–Crippen LogP) is 4.21. The van der Waals surface area contributed by atoms with Gasteiger partial charge in [-0.2, -0.15) is 0 Å². The molecule has 1 atom stereocenters. The van der Waals surface area contributed by atoms with Crippen LogP contribution in [0.5, 0.6) is 0 Å². The Morgan fingerprint density at radius 2 is 2.12 bits per heavy atom. The Morgan fingerprint density at radius 3 is 2.73 bits per heavy atom. The van der Waals surface area contributed by atoms with Crippen molar-refractivity contribution in [1.82, 2.24) is 4.98 Å². The van der Waals surface area contributed by atoms with E-state index in [2.05, 4.69) is 10.3 Å². The van der Waals surface area contributed by atoms with E-state index in [1.54, 1.807) is 18.3 Å². The molecule has 1 unspecified atom stereocenters. The van der Waals surface area contributed by atoms with Crippen molar-refractivity contribution < 1.29 is 13.2 Å². The van der Waals surface area contributed by atoms with Crippen LogP contribution < -0.4 is 5.32 Å². The van der Waals surface area contributed by atoms with Crippen molar-refractivity contribution in [3.8, 4) is 0 Å². The summed E-state index contributed by atoms with van der Waals surface area (Å²) in [7, 11) is -2.54. The molecule has 1 aliphatic rings. The van der Waals surface area contributed by atoms with E-state index in [9.17, 15) is 13.2 Å². The van der Waals surface area contributed by atoms with Crippen LogP contribution >= 0.6 is 22.9 Å². The molecule has 0 aliphatic heterocycles. The molecule has 2 aromatic rings. The lowest BCUT2D eigenvalue weighted by Gasteiger charge is -2.20. The highest BCUT2D eigenvalue weighted by molar-refractivity contribution is 7.71. The van der Waals surface area contributed by atoms with Crippen LogP contribution in [0.2, 0.25) is 5.02 Å². The van der Waals surface area contributed by atoms with Gasteiger partial charge in [0.1, 0.15) is 10.7 Å². The first-order valence-corrected chi connectivity index (χ1v) is 11.3. The maximum absolute atomic E-state index is 12.9. The quantitative estimate of drug-likeness (QED) is 0.668. The molecule has 3 rings (SSSR count). The van der Waals surface area contributed by atoms with Gasteiger partial charge in [0.2, 0.25) is 5.91 Å². The third-order valence-electron chi connectivity index (χ3n) is 4.80. The van der Waals surface area contributed by atoms with Crippen LogP contribution in [-0.2, 0) is 21.3 Å². The van der Waals surface area contributed by atoms with Gasteiger partial charge in [-0.1, -0.05) is 49.4 Å². The zero-order valence-corrected chi connectivity index (χ0v) is 16.7. The summed E-state index contributed by atoms with van der Waals surface area (Å²) in [6.07, 6.45) is 7.13. The van der Waals surface area contributed by atoms with Crippen LogP contribution in [0, 0.1) is 5.92 Å². The molecule has 1 heterocycles. The number of amides is 1. The summed E-state index contributed by atoms with van der Waals surface area (Å²) in [5, 5.41) is 5.68. The molecule has 8 heteroatoms. The fourth-order valence-corrected chi connectivity index (χ4v) is 4.93. The smallest absolute Gasteiger partial charge is 0.233 e. The largest absolute Gasteiger partial charge is 0.301 e. The van der Waals surface area contributed by atoms with E-state index < -0.39 is 10.7 Å². The first-order chi connectivity index (χ1) is 12.5. The molecule has 1 aromatic carbocycles. The number of halogens is 1. The molecule has 1 aromatic heterocycles. The molecule has 1 amide bonds. The Balaban J connectivity index is 1.83. The first kappa shape index (κ1) is 19.3. The maximum atomic E-state index is 12.9. The van der Waals surface area contributed by atoms with E-state index in [1.807, 2.05) is 11.4 Å².